The van der Waals surface area contributed by atoms with Gasteiger partial charge in [-0.25, -0.2) is 9.78 Å². The second-order valence-corrected chi connectivity index (χ2v) is 7.75. The van der Waals surface area contributed by atoms with Crippen LogP contribution in [0.1, 0.15) is 41.2 Å². The number of amides is 1. The molecule has 10 heteroatoms. The number of carbonyl (C=O) groups is 2. The molecule has 2 N–H and O–H groups in total. The SMILES string of the molecule is Cc1nc(-c2ccc(C(F)(F)F)cc2)oc1C(=O)NCc1ccc(OC(C)(C)C(=O)O)cc1. The van der Waals surface area contributed by atoms with Crippen LogP contribution in [0.15, 0.2) is 52.9 Å². The maximum Gasteiger partial charge on any atom is 0.416 e. The third-order valence-corrected chi connectivity index (χ3v) is 4.73. The molecule has 0 saturated heterocycles. The number of oxazole rings is 1. The number of hydrogen-bond acceptors (Lipinski definition) is 5. The molecule has 0 radical (unpaired) electrons. The summed E-state index contributed by atoms with van der Waals surface area (Å²) in [6.07, 6.45) is -4.45. The summed E-state index contributed by atoms with van der Waals surface area (Å²) in [6.45, 7) is 4.57. The molecular formula is C23H21F3N2O5. The molecule has 0 spiro atoms. The minimum atomic E-state index is -4.45. The number of ether oxygens (including phenoxy) is 1. The van der Waals surface area contributed by atoms with Gasteiger partial charge in [0.15, 0.2) is 5.60 Å². The number of benzene rings is 2. The molecule has 33 heavy (non-hydrogen) atoms. The van der Waals surface area contributed by atoms with E-state index in [-0.39, 0.29) is 18.2 Å². The number of carbonyl (C=O) groups excluding carboxylic acids is 1. The fourth-order valence-corrected chi connectivity index (χ4v) is 2.81. The van der Waals surface area contributed by atoms with E-state index in [0.717, 1.165) is 17.7 Å². The van der Waals surface area contributed by atoms with E-state index in [1.165, 1.54) is 26.0 Å². The van der Waals surface area contributed by atoms with Crippen LogP contribution < -0.4 is 10.1 Å². The monoisotopic (exact) mass is 462 g/mol. The van der Waals surface area contributed by atoms with Gasteiger partial charge in [-0.15, -0.1) is 0 Å². The summed E-state index contributed by atoms with van der Waals surface area (Å²) >= 11 is 0. The number of alkyl halides is 3. The number of carboxylic acid groups (broad SMARTS) is 1. The quantitative estimate of drug-likeness (QED) is 0.521. The number of hydrogen-bond donors (Lipinski definition) is 2. The second-order valence-electron chi connectivity index (χ2n) is 7.75. The van der Waals surface area contributed by atoms with Crippen molar-refractivity contribution >= 4 is 11.9 Å². The van der Waals surface area contributed by atoms with Crippen molar-refractivity contribution in [2.75, 3.05) is 0 Å². The molecule has 7 nitrogen and oxygen atoms in total. The topological polar surface area (TPSA) is 102 Å². The Morgan fingerprint density at radius 2 is 1.67 bits per heavy atom. The minimum absolute atomic E-state index is 0.0360. The van der Waals surface area contributed by atoms with Crippen molar-refractivity contribution in [3.05, 3.63) is 71.1 Å². The molecule has 0 aliphatic carbocycles. The van der Waals surface area contributed by atoms with Gasteiger partial charge in [0.25, 0.3) is 5.91 Å². The Morgan fingerprint density at radius 3 is 2.21 bits per heavy atom. The van der Waals surface area contributed by atoms with Crippen LogP contribution in [-0.4, -0.2) is 27.6 Å². The Hall–Kier alpha value is -3.82. The highest BCUT2D eigenvalue weighted by Crippen LogP contribution is 2.31. The largest absolute Gasteiger partial charge is 0.478 e. The number of rotatable bonds is 7. The fraction of sp³-hybridized carbons (Fsp3) is 0.261. The summed E-state index contributed by atoms with van der Waals surface area (Å²) in [5.41, 5.74) is -0.851. The number of aromatic nitrogens is 1. The van der Waals surface area contributed by atoms with E-state index in [2.05, 4.69) is 10.3 Å². The highest BCUT2D eigenvalue weighted by Gasteiger charge is 2.30. The zero-order valence-electron chi connectivity index (χ0n) is 18.0. The number of aliphatic carboxylic acids is 1. The molecule has 0 atom stereocenters. The summed E-state index contributed by atoms with van der Waals surface area (Å²) in [5, 5.41) is 11.8. The van der Waals surface area contributed by atoms with Gasteiger partial charge < -0.3 is 19.6 Å². The lowest BCUT2D eigenvalue weighted by Gasteiger charge is -2.21. The van der Waals surface area contributed by atoms with Crippen LogP contribution in [0.2, 0.25) is 0 Å². The first-order chi connectivity index (χ1) is 15.4. The molecule has 1 aromatic heterocycles. The van der Waals surface area contributed by atoms with Gasteiger partial charge in [0.2, 0.25) is 11.7 Å². The number of aryl methyl sites for hydroxylation is 1. The van der Waals surface area contributed by atoms with Crippen molar-refractivity contribution in [3.63, 3.8) is 0 Å². The molecule has 2 aromatic carbocycles. The number of nitrogens with one attached hydrogen (secondary N) is 1. The van der Waals surface area contributed by atoms with E-state index in [1.807, 2.05) is 0 Å². The Balaban J connectivity index is 1.64. The normalized spacial score (nSPS) is 11.8. The van der Waals surface area contributed by atoms with E-state index in [1.54, 1.807) is 31.2 Å². The van der Waals surface area contributed by atoms with Crippen LogP contribution in [0.5, 0.6) is 5.75 Å². The van der Waals surface area contributed by atoms with Crippen molar-refractivity contribution < 1.29 is 37.0 Å². The minimum Gasteiger partial charge on any atom is -0.478 e. The van der Waals surface area contributed by atoms with Crippen molar-refractivity contribution in [2.45, 2.75) is 39.1 Å². The highest BCUT2D eigenvalue weighted by atomic mass is 19.4. The number of nitrogens with zero attached hydrogens (tertiary/aromatic N) is 1. The average Bonchev–Trinajstić information content (AvgIpc) is 3.14. The van der Waals surface area contributed by atoms with Crippen LogP contribution >= 0.6 is 0 Å². The maximum absolute atomic E-state index is 12.7. The summed E-state index contributed by atoms with van der Waals surface area (Å²) in [7, 11) is 0. The van der Waals surface area contributed by atoms with Gasteiger partial charge in [-0.05, 0) is 62.7 Å². The van der Waals surface area contributed by atoms with Crippen LogP contribution in [0.3, 0.4) is 0 Å². The van der Waals surface area contributed by atoms with E-state index in [9.17, 15) is 22.8 Å². The lowest BCUT2D eigenvalue weighted by molar-refractivity contribution is -0.152. The molecule has 3 rings (SSSR count). The molecule has 1 heterocycles. The van der Waals surface area contributed by atoms with Crippen LogP contribution in [-0.2, 0) is 17.5 Å². The second kappa shape index (κ2) is 8.97. The van der Waals surface area contributed by atoms with Crippen molar-refractivity contribution in [1.29, 1.82) is 0 Å². The first-order valence-electron chi connectivity index (χ1n) is 9.81. The van der Waals surface area contributed by atoms with Gasteiger partial charge in [0, 0.05) is 12.1 Å². The van der Waals surface area contributed by atoms with Gasteiger partial charge in [0.05, 0.1) is 11.3 Å². The van der Waals surface area contributed by atoms with Gasteiger partial charge in [-0.3, -0.25) is 4.79 Å². The van der Waals surface area contributed by atoms with Gasteiger partial charge in [-0.1, -0.05) is 12.1 Å². The van der Waals surface area contributed by atoms with Crippen LogP contribution in [0, 0.1) is 6.92 Å². The first kappa shape index (κ1) is 23.8. The van der Waals surface area contributed by atoms with E-state index in [0.29, 0.717) is 17.0 Å². The van der Waals surface area contributed by atoms with Crippen LogP contribution in [0.4, 0.5) is 13.2 Å². The summed E-state index contributed by atoms with van der Waals surface area (Å²) in [5.74, 6) is -1.28. The Morgan fingerprint density at radius 1 is 1.06 bits per heavy atom. The Bertz CT molecular complexity index is 1150. The molecule has 174 valence electrons. The molecule has 1 amide bonds. The molecule has 0 fully saturated rings. The van der Waals surface area contributed by atoms with Gasteiger partial charge in [0.1, 0.15) is 5.75 Å². The highest BCUT2D eigenvalue weighted by molar-refractivity contribution is 5.92. The number of halogens is 3. The predicted molar refractivity (Wildman–Crippen MR) is 112 cm³/mol. The molecule has 3 aromatic rings. The standard InChI is InChI=1S/C23H21F3N2O5/c1-13-18(32-20(28-13)15-6-8-16(9-7-15)23(24,25)26)19(29)27-12-14-4-10-17(11-5-14)33-22(2,3)21(30)31/h4-11H,12H2,1-3H3,(H,27,29)(H,30,31). The third kappa shape index (κ3) is 5.71. The average molecular weight is 462 g/mol. The van der Waals surface area contributed by atoms with Crippen molar-refractivity contribution in [1.82, 2.24) is 10.3 Å². The van der Waals surface area contributed by atoms with Gasteiger partial charge in [-0.2, -0.15) is 13.2 Å². The predicted octanol–water partition coefficient (Wildman–Crippen LogP) is 4.84. The van der Waals surface area contributed by atoms with Gasteiger partial charge >= 0.3 is 12.1 Å². The smallest absolute Gasteiger partial charge is 0.416 e. The van der Waals surface area contributed by atoms with Crippen molar-refractivity contribution in [3.8, 4) is 17.2 Å². The zero-order chi connectivity index (χ0) is 24.4. The molecule has 0 saturated carbocycles. The fourth-order valence-electron chi connectivity index (χ4n) is 2.81. The summed E-state index contributed by atoms with van der Waals surface area (Å²) in [4.78, 5) is 27.8. The Labute approximate surface area is 187 Å². The lowest BCUT2D eigenvalue weighted by Crippen LogP contribution is -2.37. The first-order valence-corrected chi connectivity index (χ1v) is 9.81. The van der Waals surface area contributed by atoms with E-state index >= 15 is 0 Å². The molecule has 0 aliphatic heterocycles. The Kier molecular flexibility index (Phi) is 6.48. The third-order valence-electron chi connectivity index (χ3n) is 4.73. The molecular weight excluding hydrogens is 441 g/mol. The zero-order valence-corrected chi connectivity index (χ0v) is 18.0. The summed E-state index contributed by atoms with van der Waals surface area (Å²) in [6, 6.07) is 10.8. The van der Waals surface area contributed by atoms with Crippen LogP contribution in [0.25, 0.3) is 11.5 Å². The maximum atomic E-state index is 12.7. The number of carboxylic acids is 1. The van der Waals surface area contributed by atoms with Crippen molar-refractivity contribution in [2.24, 2.45) is 0 Å². The molecule has 0 bridgehead atoms. The van der Waals surface area contributed by atoms with E-state index in [4.69, 9.17) is 14.3 Å². The summed E-state index contributed by atoms with van der Waals surface area (Å²) < 4.78 is 49.1. The van der Waals surface area contributed by atoms with E-state index < -0.39 is 29.2 Å². The molecule has 0 aliphatic rings. The lowest BCUT2D eigenvalue weighted by atomic mass is 10.1. The molecule has 0 unspecified atom stereocenters.